The summed E-state index contributed by atoms with van der Waals surface area (Å²) in [6.45, 7) is 4.51. The molecule has 0 aliphatic carbocycles. The zero-order chi connectivity index (χ0) is 22.5. The first-order valence-corrected chi connectivity index (χ1v) is 11.1. The fourth-order valence-electron chi connectivity index (χ4n) is 4.39. The fraction of sp³-hybridized carbons (Fsp3) is 0.417. The molecule has 2 saturated heterocycles. The number of hydrogen-bond donors (Lipinski definition) is 1. The van der Waals surface area contributed by atoms with E-state index in [4.69, 9.17) is 0 Å². The van der Waals surface area contributed by atoms with E-state index in [9.17, 15) is 18.4 Å². The lowest BCUT2D eigenvalue weighted by Crippen LogP contribution is -2.52. The average Bonchev–Trinajstić information content (AvgIpc) is 3.32. The van der Waals surface area contributed by atoms with E-state index in [0.717, 1.165) is 25.9 Å². The molecule has 6 nitrogen and oxygen atoms in total. The average molecular weight is 443 g/mol. The number of hydrogen-bond acceptors (Lipinski definition) is 4. The van der Waals surface area contributed by atoms with Crippen LogP contribution in [0.2, 0.25) is 0 Å². The molecule has 0 aromatic heterocycles. The smallest absolute Gasteiger partial charge is 0.246 e. The van der Waals surface area contributed by atoms with Crippen molar-refractivity contribution in [1.29, 1.82) is 0 Å². The van der Waals surface area contributed by atoms with Crippen molar-refractivity contribution in [2.24, 2.45) is 0 Å². The van der Waals surface area contributed by atoms with Gasteiger partial charge in [-0.05, 0) is 54.8 Å². The van der Waals surface area contributed by atoms with Gasteiger partial charge in [-0.2, -0.15) is 0 Å². The van der Waals surface area contributed by atoms with Crippen LogP contribution in [0.25, 0.3) is 0 Å². The van der Waals surface area contributed by atoms with Crippen LogP contribution in [-0.4, -0.2) is 72.3 Å². The zero-order valence-electron chi connectivity index (χ0n) is 18.0. The molecule has 1 N–H and O–H groups in total. The van der Waals surface area contributed by atoms with E-state index in [1.165, 1.54) is 36.4 Å². The fourth-order valence-corrected chi connectivity index (χ4v) is 4.39. The molecular weight excluding hydrogens is 414 g/mol. The molecule has 32 heavy (non-hydrogen) atoms. The Morgan fingerprint density at radius 2 is 1.56 bits per heavy atom. The van der Waals surface area contributed by atoms with Gasteiger partial charge in [-0.3, -0.25) is 19.4 Å². The third-order valence-corrected chi connectivity index (χ3v) is 6.11. The van der Waals surface area contributed by atoms with Crippen molar-refractivity contribution in [3.8, 4) is 0 Å². The molecule has 0 bridgehead atoms. The number of nitrogens with zero attached hydrogens (tertiary/aromatic N) is 3. The van der Waals surface area contributed by atoms with Gasteiger partial charge in [0.25, 0.3) is 0 Å². The van der Waals surface area contributed by atoms with Gasteiger partial charge in [-0.25, -0.2) is 8.78 Å². The van der Waals surface area contributed by atoms with Gasteiger partial charge in [0.1, 0.15) is 17.7 Å². The molecule has 2 aromatic carbocycles. The summed E-state index contributed by atoms with van der Waals surface area (Å²) in [5.74, 6) is -0.934. The van der Waals surface area contributed by atoms with Gasteiger partial charge in [0, 0.05) is 45.0 Å². The molecule has 0 saturated carbocycles. The molecule has 2 fully saturated rings. The van der Waals surface area contributed by atoms with Crippen molar-refractivity contribution in [2.75, 3.05) is 51.1 Å². The third kappa shape index (κ3) is 5.49. The number of nitrogens with one attached hydrogen (secondary N) is 1. The van der Waals surface area contributed by atoms with Crippen LogP contribution in [0.3, 0.4) is 0 Å². The first-order chi connectivity index (χ1) is 15.5. The number of carbonyl (C=O) groups excluding carboxylic acids is 2. The van der Waals surface area contributed by atoms with Crippen molar-refractivity contribution in [3.63, 3.8) is 0 Å². The predicted octanol–water partition coefficient (Wildman–Crippen LogP) is 2.88. The number of piperazine rings is 1. The Balaban J connectivity index is 1.44. The predicted molar refractivity (Wildman–Crippen MR) is 118 cm³/mol. The minimum absolute atomic E-state index is 0.159. The summed E-state index contributed by atoms with van der Waals surface area (Å²) < 4.78 is 27.2. The standard InChI is InChI=1S/C24H28F2N4O2/c25-19-6-8-21(9-7-19)27-24(32)23(18-4-3-5-20(26)16-18)30-14-12-28(13-15-30)17-22(31)29-10-1-2-11-29/h3-9,16,23H,1-2,10-15,17H2,(H,27,32). The van der Waals surface area contributed by atoms with E-state index < -0.39 is 11.9 Å². The number of amides is 2. The van der Waals surface area contributed by atoms with E-state index in [1.807, 2.05) is 9.80 Å². The number of anilines is 1. The molecule has 2 amide bonds. The maximum atomic E-state index is 13.9. The highest BCUT2D eigenvalue weighted by molar-refractivity contribution is 5.95. The van der Waals surface area contributed by atoms with Crippen LogP contribution in [0.4, 0.5) is 14.5 Å². The number of carbonyl (C=O) groups is 2. The molecule has 4 rings (SSSR count). The second-order valence-corrected chi connectivity index (χ2v) is 8.35. The molecule has 1 unspecified atom stereocenters. The second kappa shape index (κ2) is 10.2. The topological polar surface area (TPSA) is 55.9 Å². The highest BCUT2D eigenvalue weighted by Gasteiger charge is 2.32. The van der Waals surface area contributed by atoms with Gasteiger partial charge >= 0.3 is 0 Å². The Kier molecular flexibility index (Phi) is 7.12. The first kappa shape index (κ1) is 22.4. The monoisotopic (exact) mass is 442 g/mol. The molecule has 170 valence electrons. The summed E-state index contributed by atoms with van der Waals surface area (Å²) >= 11 is 0. The summed E-state index contributed by atoms with van der Waals surface area (Å²) in [6, 6.07) is 10.9. The largest absolute Gasteiger partial charge is 0.342 e. The normalized spacial score (nSPS) is 18.5. The van der Waals surface area contributed by atoms with Gasteiger partial charge in [0.15, 0.2) is 0 Å². The molecule has 2 heterocycles. The summed E-state index contributed by atoms with van der Waals surface area (Å²) in [5, 5.41) is 2.82. The van der Waals surface area contributed by atoms with E-state index in [1.54, 1.807) is 12.1 Å². The Bertz CT molecular complexity index is 939. The van der Waals surface area contributed by atoms with Crippen molar-refractivity contribution >= 4 is 17.5 Å². The first-order valence-electron chi connectivity index (χ1n) is 11.1. The number of likely N-dealkylation sites (tertiary alicyclic amines) is 1. The lowest BCUT2D eigenvalue weighted by molar-refractivity contribution is -0.132. The summed E-state index contributed by atoms with van der Waals surface area (Å²) in [4.78, 5) is 31.7. The SMILES string of the molecule is O=C(Nc1ccc(F)cc1)C(c1cccc(F)c1)N1CCN(CC(=O)N2CCCC2)CC1. The number of halogens is 2. The van der Waals surface area contributed by atoms with Gasteiger partial charge in [-0.15, -0.1) is 0 Å². The lowest BCUT2D eigenvalue weighted by atomic mass is 10.0. The molecule has 2 aliphatic rings. The van der Waals surface area contributed by atoms with Crippen LogP contribution in [-0.2, 0) is 9.59 Å². The number of benzene rings is 2. The summed E-state index contributed by atoms with van der Waals surface area (Å²) in [5.41, 5.74) is 1.04. The van der Waals surface area contributed by atoms with Crippen LogP contribution < -0.4 is 5.32 Å². The van der Waals surface area contributed by atoms with E-state index in [-0.39, 0.29) is 17.6 Å². The minimum atomic E-state index is -0.688. The zero-order valence-corrected chi connectivity index (χ0v) is 18.0. The molecular formula is C24H28F2N4O2. The van der Waals surface area contributed by atoms with Crippen LogP contribution >= 0.6 is 0 Å². The highest BCUT2D eigenvalue weighted by Crippen LogP contribution is 2.25. The third-order valence-electron chi connectivity index (χ3n) is 6.11. The minimum Gasteiger partial charge on any atom is -0.342 e. The Labute approximate surface area is 186 Å². The molecule has 8 heteroatoms. The van der Waals surface area contributed by atoms with Gasteiger partial charge in [0.2, 0.25) is 11.8 Å². The van der Waals surface area contributed by atoms with Crippen LogP contribution in [0.1, 0.15) is 24.4 Å². The van der Waals surface area contributed by atoms with Crippen LogP contribution in [0.15, 0.2) is 48.5 Å². The van der Waals surface area contributed by atoms with Crippen molar-refractivity contribution in [2.45, 2.75) is 18.9 Å². The summed E-state index contributed by atoms with van der Waals surface area (Å²) in [7, 11) is 0. The molecule has 1 atom stereocenters. The van der Waals surface area contributed by atoms with Gasteiger partial charge < -0.3 is 10.2 Å². The Morgan fingerprint density at radius 1 is 0.875 bits per heavy atom. The highest BCUT2D eigenvalue weighted by atomic mass is 19.1. The Hall–Kier alpha value is -2.84. The van der Waals surface area contributed by atoms with E-state index >= 15 is 0 Å². The maximum Gasteiger partial charge on any atom is 0.246 e. The Morgan fingerprint density at radius 3 is 2.22 bits per heavy atom. The van der Waals surface area contributed by atoms with Gasteiger partial charge in [-0.1, -0.05) is 12.1 Å². The van der Waals surface area contributed by atoms with Crippen molar-refractivity contribution < 1.29 is 18.4 Å². The molecule has 0 spiro atoms. The molecule has 0 radical (unpaired) electrons. The van der Waals surface area contributed by atoms with E-state index in [2.05, 4.69) is 10.2 Å². The molecule has 2 aliphatic heterocycles. The lowest BCUT2D eigenvalue weighted by Gasteiger charge is -2.39. The second-order valence-electron chi connectivity index (χ2n) is 8.35. The quantitative estimate of drug-likeness (QED) is 0.748. The van der Waals surface area contributed by atoms with Crippen LogP contribution in [0, 0.1) is 11.6 Å². The maximum absolute atomic E-state index is 13.9. The summed E-state index contributed by atoms with van der Waals surface area (Å²) in [6.07, 6.45) is 2.13. The van der Waals surface area contributed by atoms with E-state index in [0.29, 0.717) is 44.0 Å². The van der Waals surface area contributed by atoms with Crippen molar-refractivity contribution in [1.82, 2.24) is 14.7 Å². The van der Waals surface area contributed by atoms with Gasteiger partial charge in [0.05, 0.1) is 6.54 Å². The molecule has 2 aromatic rings. The van der Waals surface area contributed by atoms with Crippen molar-refractivity contribution in [3.05, 3.63) is 65.7 Å². The van der Waals surface area contributed by atoms with Crippen LogP contribution in [0.5, 0.6) is 0 Å². The number of rotatable bonds is 6.